The number of nitrogens with one attached hydrogen (secondary N) is 1. The van der Waals surface area contributed by atoms with E-state index in [0.717, 1.165) is 29.8 Å². The molecule has 23 heavy (non-hydrogen) atoms. The van der Waals surface area contributed by atoms with Gasteiger partial charge in [0.2, 0.25) is 5.91 Å². The van der Waals surface area contributed by atoms with Crippen molar-refractivity contribution in [2.45, 2.75) is 25.2 Å². The van der Waals surface area contributed by atoms with E-state index in [0.29, 0.717) is 17.2 Å². The highest BCUT2D eigenvalue weighted by molar-refractivity contribution is 5.94. The standard InChI is InChI=1S/C18H15FN2O2/c19-14-4-2-1-3-12(14)9-17(22)20-13-7-8-16-15(10-13)21-18(23-16)11-5-6-11/h1-4,7-8,10-11H,5-6,9H2,(H,20,22). The van der Waals surface area contributed by atoms with E-state index in [1.165, 1.54) is 6.07 Å². The molecule has 0 radical (unpaired) electrons. The van der Waals surface area contributed by atoms with Crippen molar-refractivity contribution in [3.05, 3.63) is 59.7 Å². The van der Waals surface area contributed by atoms with E-state index in [4.69, 9.17) is 4.42 Å². The number of anilines is 1. The number of rotatable bonds is 4. The molecule has 0 saturated heterocycles. The van der Waals surface area contributed by atoms with Gasteiger partial charge in [-0.25, -0.2) is 9.37 Å². The lowest BCUT2D eigenvalue weighted by Gasteiger charge is -2.05. The molecule has 1 heterocycles. The van der Waals surface area contributed by atoms with Gasteiger partial charge in [0.05, 0.1) is 6.42 Å². The zero-order valence-electron chi connectivity index (χ0n) is 12.4. The van der Waals surface area contributed by atoms with Crippen LogP contribution in [0.2, 0.25) is 0 Å². The summed E-state index contributed by atoms with van der Waals surface area (Å²) in [6.45, 7) is 0. The summed E-state index contributed by atoms with van der Waals surface area (Å²) in [4.78, 5) is 16.5. The molecule has 1 amide bonds. The van der Waals surface area contributed by atoms with E-state index in [1.54, 1.807) is 36.4 Å². The highest BCUT2D eigenvalue weighted by Gasteiger charge is 2.28. The van der Waals surface area contributed by atoms with Crippen molar-refractivity contribution in [2.75, 3.05) is 5.32 Å². The Morgan fingerprint density at radius 2 is 2.09 bits per heavy atom. The second-order valence-electron chi connectivity index (χ2n) is 5.83. The van der Waals surface area contributed by atoms with Crippen molar-refractivity contribution >= 4 is 22.7 Å². The van der Waals surface area contributed by atoms with Gasteiger partial charge in [-0.2, -0.15) is 0 Å². The molecule has 1 aromatic heterocycles. The number of fused-ring (bicyclic) bond motifs is 1. The van der Waals surface area contributed by atoms with Crippen LogP contribution in [-0.2, 0) is 11.2 Å². The number of hydrogen-bond acceptors (Lipinski definition) is 3. The Bertz CT molecular complexity index is 884. The molecule has 5 heteroatoms. The van der Waals surface area contributed by atoms with Gasteiger partial charge in [-0.3, -0.25) is 4.79 Å². The molecule has 1 aliphatic rings. The molecule has 0 unspecified atom stereocenters. The smallest absolute Gasteiger partial charge is 0.228 e. The van der Waals surface area contributed by atoms with E-state index in [1.807, 2.05) is 0 Å². The molecule has 116 valence electrons. The van der Waals surface area contributed by atoms with E-state index < -0.39 is 0 Å². The van der Waals surface area contributed by atoms with Crippen LogP contribution in [0.15, 0.2) is 46.9 Å². The van der Waals surface area contributed by atoms with Crippen molar-refractivity contribution in [3.8, 4) is 0 Å². The van der Waals surface area contributed by atoms with E-state index in [9.17, 15) is 9.18 Å². The molecule has 0 spiro atoms. The summed E-state index contributed by atoms with van der Waals surface area (Å²) in [6.07, 6.45) is 2.24. The lowest BCUT2D eigenvalue weighted by atomic mass is 10.1. The Labute approximate surface area is 132 Å². The molecule has 0 atom stereocenters. The fourth-order valence-electron chi connectivity index (χ4n) is 2.55. The number of amides is 1. The SMILES string of the molecule is O=C(Cc1ccccc1F)Nc1ccc2oc(C3CC3)nc2c1. The van der Waals surface area contributed by atoms with Gasteiger partial charge in [0.1, 0.15) is 11.3 Å². The van der Waals surface area contributed by atoms with E-state index in [2.05, 4.69) is 10.3 Å². The van der Waals surface area contributed by atoms with Crippen LogP contribution in [0.1, 0.15) is 30.2 Å². The minimum absolute atomic E-state index is 0.00312. The number of oxazole rings is 1. The summed E-state index contributed by atoms with van der Waals surface area (Å²) in [6, 6.07) is 11.6. The third-order valence-corrected chi connectivity index (χ3v) is 3.92. The summed E-state index contributed by atoms with van der Waals surface area (Å²) in [5, 5.41) is 2.78. The molecule has 0 bridgehead atoms. The topological polar surface area (TPSA) is 55.1 Å². The highest BCUT2D eigenvalue weighted by Crippen LogP contribution is 2.40. The van der Waals surface area contributed by atoms with Crippen molar-refractivity contribution in [3.63, 3.8) is 0 Å². The molecule has 1 aliphatic carbocycles. The van der Waals surface area contributed by atoms with Gasteiger partial charge < -0.3 is 9.73 Å². The van der Waals surface area contributed by atoms with Crippen LogP contribution in [0, 0.1) is 5.82 Å². The molecule has 4 rings (SSSR count). The first-order chi connectivity index (χ1) is 11.2. The highest BCUT2D eigenvalue weighted by atomic mass is 19.1. The molecule has 1 saturated carbocycles. The number of benzene rings is 2. The summed E-state index contributed by atoms with van der Waals surface area (Å²) in [5.74, 6) is 0.584. The van der Waals surface area contributed by atoms with Gasteiger partial charge >= 0.3 is 0 Å². The second kappa shape index (κ2) is 5.50. The zero-order valence-corrected chi connectivity index (χ0v) is 12.4. The number of nitrogens with zero attached hydrogens (tertiary/aromatic N) is 1. The van der Waals surface area contributed by atoms with Crippen LogP contribution in [0.5, 0.6) is 0 Å². The lowest BCUT2D eigenvalue weighted by molar-refractivity contribution is -0.115. The average Bonchev–Trinajstić information content (AvgIpc) is 3.29. The molecular weight excluding hydrogens is 295 g/mol. The molecule has 4 nitrogen and oxygen atoms in total. The van der Waals surface area contributed by atoms with Crippen LogP contribution in [-0.4, -0.2) is 10.9 Å². The Kier molecular flexibility index (Phi) is 3.33. The van der Waals surface area contributed by atoms with Crippen molar-refractivity contribution in [1.82, 2.24) is 4.98 Å². The number of carbonyl (C=O) groups is 1. The maximum atomic E-state index is 13.6. The van der Waals surface area contributed by atoms with Crippen LogP contribution < -0.4 is 5.32 Å². The van der Waals surface area contributed by atoms with Crippen LogP contribution >= 0.6 is 0 Å². The third kappa shape index (κ3) is 2.95. The largest absolute Gasteiger partial charge is 0.440 e. The van der Waals surface area contributed by atoms with Crippen LogP contribution in [0.25, 0.3) is 11.1 Å². The van der Waals surface area contributed by atoms with Gasteiger partial charge in [-0.1, -0.05) is 18.2 Å². The Morgan fingerprint density at radius 3 is 2.87 bits per heavy atom. The van der Waals surface area contributed by atoms with Crippen molar-refractivity contribution in [2.24, 2.45) is 0 Å². The first-order valence-electron chi connectivity index (χ1n) is 7.63. The quantitative estimate of drug-likeness (QED) is 0.791. The van der Waals surface area contributed by atoms with E-state index >= 15 is 0 Å². The predicted molar refractivity (Wildman–Crippen MR) is 84.7 cm³/mol. The summed E-state index contributed by atoms with van der Waals surface area (Å²) < 4.78 is 19.3. The second-order valence-corrected chi connectivity index (χ2v) is 5.83. The maximum absolute atomic E-state index is 13.6. The van der Waals surface area contributed by atoms with Gasteiger partial charge in [0.15, 0.2) is 11.5 Å². The summed E-state index contributed by atoms with van der Waals surface area (Å²) >= 11 is 0. The normalized spacial score (nSPS) is 14.1. The minimum atomic E-state index is -0.372. The Morgan fingerprint density at radius 1 is 1.26 bits per heavy atom. The van der Waals surface area contributed by atoms with Gasteiger partial charge in [-0.15, -0.1) is 0 Å². The maximum Gasteiger partial charge on any atom is 0.228 e. The Hall–Kier alpha value is -2.69. The fraction of sp³-hybridized carbons (Fsp3) is 0.222. The number of aromatic nitrogens is 1. The van der Waals surface area contributed by atoms with Gasteiger partial charge in [0.25, 0.3) is 0 Å². The van der Waals surface area contributed by atoms with Crippen molar-refractivity contribution in [1.29, 1.82) is 0 Å². The average molecular weight is 310 g/mol. The van der Waals surface area contributed by atoms with Crippen molar-refractivity contribution < 1.29 is 13.6 Å². The summed E-state index contributed by atoms with van der Waals surface area (Å²) in [7, 11) is 0. The predicted octanol–water partition coefficient (Wildman–Crippen LogP) is 4.03. The number of halogens is 1. The van der Waals surface area contributed by atoms with Gasteiger partial charge in [-0.05, 0) is 42.7 Å². The zero-order chi connectivity index (χ0) is 15.8. The number of hydrogen-bond donors (Lipinski definition) is 1. The first-order valence-corrected chi connectivity index (χ1v) is 7.63. The Balaban J connectivity index is 1.50. The monoisotopic (exact) mass is 310 g/mol. The van der Waals surface area contributed by atoms with Crippen LogP contribution in [0.3, 0.4) is 0 Å². The third-order valence-electron chi connectivity index (χ3n) is 3.92. The molecule has 1 fully saturated rings. The lowest BCUT2D eigenvalue weighted by Crippen LogP contribution is -2.15. The number of carbonyl (C=O) groups excluding carboxylic acids is 1. The summed E-state index contributed by atoms with van der Waals surface area (Å²) in [5.41, 5.74) is 2.47. The minimum Gasteiger partial charge on any atom is -0.440 e. The van der Waals surface area contributed by atoms with Crippen LogP contribution in [0.4, 0.5) is 10.1 Å². The first kappa shape index (κ1) is 13.9. The fourth-order valence-corrected chi connectivity index (χ4v) is 2.55. The van der Waals surface area contributed by atoms with E-state index in [-0.39, 0.29) is 18.1 Å². The molecule has 0 aliphatic heterocycles. The molecule has 2 aromatic carbocycles. The van der Waals surface area contributed by atoms with Gasteiger partial charge in [0, 0.05) is 11.6 Å². The molecule has 1 N–H and O–H groups in total. The molecule has 3 aromatic rings. The molecular formula is C18H15FN2O2.